The van der Waals surface area contributed by atoms with Gasteiger partial charge in [-0.15, -0.1) is 0 Å². The molecule has 0 saturated carbocycles. The topological polar surface area (TPSA) is 28.1 Å². The van der Waals surface area contributed by atoms with Gasteiger partial charge in [0.05, 0.1) is 0 Å². The third-order valence-electron chi connectivity index (χ3n) is 1.83. The number of aryl methyl sites for hydroxylation is 1. The first kappa shape index (κ1) is 7.81. The Labute approximate surface area is 67.3 Å². The van der Waals surface area contributed by atoms with Crippen molar-refractivity contribution >= 4 is 19.0 Å². The summed E-state index contributed by atoms with van der Waals surface area (Å²) in [5, 5.41) is 8.57. The smallest absolute Gasteiger partial charge is 0.0612 e. The lowest BCUT2D eigenvalue weighted by atomic mass is 9.90. The molecule has 1 aromatic carbocycles. The first-order chi connectivity index (χ1) is 5.16. The van der Waals surface area contributed by atoms with Crippen molar-refractivity contribution in [3.05, 3.63) is 28.2 Å². The number of benzene rings is 1. The van der Waals surface area contributed by atoms with Gasteiger partial charge in [0.15, 0.2) is 4.98 Å². The third kappa shape index (κ3) is 1.25. The fraction of sp³-hybridized carbons (Fsp3) is 0.250. The van der Waals surface area contributed by atoms with Crippen molar-refractivity contribution in [1.82, 2.24) is 0 Å². The van der Waals surface area contributed by atoms with Crippen LogP contribution in [-0.2, 0) is 0 Å². The molecule has 1 rings (SSSR count). The molecular weight excluding hydrogens is 135 g/mol. The van der Waals surface area contributed by atoms with E-state index >= 15 is 0 Å². The summed E-state index contributed by atoms with van der Waals surface area (Å²) in [6, 6.07) is 3.64. The van der Waals surface area contributed by atoms with Crippen molar-refractivity contribution in [3.63, 3.8) is 0 Å². The molecule has 0 amide bonds. The molecule has 0 saturated heterocycles. The molecule has 0 N–H and O–H groups in total. The highest BCUT2D eigenvalue weighted by Gasteiger charge is 2.14. The Morgan fingerprint density at radius 2 is 2.00 bits per heavy atom. The highest BCUT2D eigenvalue weighted by Crippen LogP contribution is 2.17. The molecule has 0 aromatic heterocycles. The number of nitrogens with zero attached hydrogens (tertiary/aromatic N) is 2. The van der Waals surface area contributed by atoms with Gasteiger partial charge in [-0.2, -0.15) is 0 Å². The maximum atomic E-state index is 8.57. The van der Waals surface area contributed by atoms with Crippen molar-refractivity contribution in [3.8, 4) is 0 Å². The van der Waals surface area contributed by atoms with Crippen LogP contribution < -0.4 is 5.46 Å². The van der Waals surface area contributed by atoms with E-state index in [1.807, 2.05) is 19.9 Å². The van der Waals surface area contributed by atoms with E-state index in [9.17, 15) is 0 Å². The second-order valence-electron chi connectivity index (χ2n) is 2.55. The monoisotopic (exact) mass is 143 g/mol. The van der Waals surface area contributed by atoms with Crippen molar-refractivity contribution in [2.75, 3.05) is 0 Å². The summed E-state index contributed by atoms with van der Waals surface area (Å²) in [7, 11) is 5.55. The van der Waals surface area contributed by atoms with Crippen LogP contribution in [0.1, 0.15) is 11.1 Å². The van der Waals surface area contributed by atoms with Crippen molar-refractivity contribution in [1.29, 1.82) is 5.39 Å². The summed E-state index contributed by atoms with van der Waals surface area (Å²) in [4.78, 5) is 3.11. The molecule has 2 nitrogen and oxygen atoms in total. The van der Waals surface area contributed by atoms with Gasteiger partial charge < -0.3 is 0 Å². The van der Waals surface area contributed by atoms with Gasteiger partial charge in [-0.3, -0.25) is 0 Å². The zero-order chi connectivity index (χ0) is 8.43. The lowest BCUT2D eigenvalue weighted by Crippen LogP contribution is -2.03. The Morgan fingerprint density at radius 3 is 2.45 bits per heavy atom. The van der Waals surface area contributed by atoms with Crippen LogP contribution in [-0.4, -0.2) is 7.85 Å². The largest absolute Gasteiger partial charge is 0.381 e. The van der Waals surface area contributed by atoms with Gasteiger partial charge >= 0.3 is 5.69 Å². The van der Waals surface area contributed by atoms with Crippen LogP contribution in [0.15, 0.2) is 12.1 Å². The predicted molar refractivity (Wildman–Crippen MR) is 46.0 cm³/mol. The normalized spacial score (nSPS) is 9.18. The molecule has 1 aromatic rings. The van der Waals surface area contributed by atoms with E-state index in [1.54, 1.807) is 6.07 Å². The molecule has 0 aliphatic rings. The maximum Gasteiger partial charge on any atom is 0.381 e. The fourth-order valence-electron chi connectivity index (χ4n) is 0.955. The van der Waals surface area contributed by atoms with Crippen molar-refractivity contribution in [2.45, 2.75) is 13.8 Å². The Morgan fingerprint density at radius 1 is 1.36 bits per heavy atom. The quantitative estimate of drug-likeness (QED) is 0.400. The summed E-state index contributed by atoms with van der Waals surface area (Å²) >= 11 is 0. The molecule has 0 heterocycles. The molecule has 0 spiro atoms. The standard InChI is InChI=1S/C8H8BN2/c1-5-3-4-7(9)8(11-10)6(5)2/h3-4H,1-2H3/q+1. The second kappa shape index (κ2) is 2.75. The zero-order valence-corrected chi connectivity index (χ0v) is 6.63. The zero-order valence-electron chi connectivity index (χ0n) is 6.63. The van der Waals surface area contributed by atoms with Crippen LogP contribution in [0, 0.1) is 19.2 Å². The lowest BCUT2D eigenvalue weighted by Gasteiger charge is -1.95. The number of hydrogen-bond donors (Lipinski definition) is 0. The third-order valence-corrected chi connectivity index (χ3v) is 1.83. The molecule has 0 aliphatic heterocycles. The molecule has 52 valence electrons. The van der Waals surface area contributed by atoms with Crippen LogP contribution >= 0.6 is 0 Å². The van der Waals surface area contributed by atoms with Crippen LogP contribution in [0.5, 0.6) is 0 Å². The molecular formula is C8H8BN2+. The number of rotatable bonds is 0. The van der Waals surface area contributed by atoms with Gasteiger partial charge in [0, 0.05) is 5.56 Å². The van der Waals surface area contributed by atoms with Gasteiger partial charge in [0.2, 0.25) is 5.39 Å². The average molecular weight is 143 g/mol. The second-order valence-corrected chi connectivity index (χ2v) is 2.55. The summed E-state index contributed by atoms with van der Waals surface area (Å²) < 4.78 is 0. The molecule has 0 bridgehead atoms. The van der Waals surface area contributed by atoms with E-state index in [0.29, 0.717) is 11.2 Å². The van der Waals surface area contributed by atoms with Gasteiger partial charge in [-0.25, -0.2) is 0 Å². The molecule has 3 heteroatoms. The SMILES string of the molecule is [B]c1ccc(C)c(C)c1[N+]#N. The van der Waals surface area contributed by atoms with E-state index < -0.39 is 0 Å². The Kier molecular flexibility index (Phi) is 1.95. The van der Waals surface area contributed by atoms with Crippen LogP contribution in [0.3, 0.4) is 0 Å². The van der Waals surface area contributed by atoms with E-state index in [-0.39, 0.29) is 0 Å². The maximum absolute atomic E-state index is 8.57. The Bertz CT molecular complexity index is 326. The van der Waals surface area contributed by atoms with Gasteiger partial charge in [0.25, 0.3) is 0 Å². The van der Waals surface area contributed by atoms with E-state index in [0.717, 1.165) is 11.1 Å². The van der Waals surface area contributed by atoms with Gasteiger partial charge in [0.1, 0.15) is 7.85 Å². The first-order valence-electron chi connectivity index (χ1n) is 3.37. The van der Waals surface area contributed by atoms with Crippen LogP contribution in [0.25, 0.3) is 4.98 Å². The summed E-state index contributed by atoms with van der Waals surface area (Å²) in [5.74, 6) is 0. The number of diazo groups is 1. The van der Waals surface area contributed by atoms with Gasteiger partial charge in [-0.1, -0.05) is 12.1 Å². The van der Waals surface area contributed by atoms with E-state index in [1.165, 1.54) is 0 Å². The molecule has 0 aliphatic carbocycles. The Balaban J connectivity index is 3.44. The average Bonchev–Trinajstić information content (AvgIpc) is 1.99. The highest BCUT2D eigenvalue weighted by molar-refractivity contribution is 6.36. The predicted octanol–water partition coefficient (Wildman–Crippen LogP) is 1.58. The highest BCUT2D eigenvalue weighted by atomic mass is 14.9. The summed E-state index contributed by atoms with van der Waals surface area (Å²) in [6.07, 6.45) is 0. The van der Waals surface area contributed by atoms with Crippen LogP contribution in [0.2, 0.25) is 0 Å². The van der Waals surface area contributed by atoms with Crippen molar-refractivity contribution < 1.29 is 0 Å². The Hall–Kier alpha value is -1.30. The minimum atomic E-state index is 0.477. The molecule has 0 unspecified atom stereocenters. The van der Waals surface area contributed by atoms with Crippen LogP contribution in [0.4, 0.5) is 5.69 Å². The molecule has 0 fully saturated rings. The number of hydrogen-bond acceptors (Lipinski definition) is 1. The van der Waals surface area contributed by atoms with E-state index in [4.69, 9.17) is 13.2 Å². The van der Waals surface area contributed by atoms with Gasteiger partial charge in [-0.05, 0) is 24.9 Å². The molecule has 11 heavy (non-hydrogen) atoms. The van der Waals surface area contributed by atoms with E-state index in [2.05, 4.69) is 4.98 Å². The summed E-state index contributed by atoms with van der Waals surface area (Å²) in [6.45, 7) is 3.82. The molecule has 0 atom stereocenters. The fourth-order valence-corrected chi connectivity index (χ4v) is 0.955. The molecule has 2 radical (unpaired) electrons. The lowest BCUT2D eigenvalue weighted by molar-refractivity contribution is 1.34. The minimum Gasteiger partial charge on any atom is -0.0612 e. The summed E-state index contributed by atoms with van der Waals surface area (Å²) in [5.41, 5.74) is 2.99. The van der Waals surface area contributed by atoms with Crippen molar-refractivity contribution in [2.24, 2.45) is 0 Å². The first-order valence-corrected chi connectivity index (χ1v) is 3.37. The minimum absolute atomic E-state index is 0.477.